The number of piperidine rings is 1. The van der Waals surface area contributed by atoms with Crippen molar-refractivity contribution in [2.24, 2.45) is 11.7 Å². The lowest BCUT2D eigenvalue weighted by molar-refractivity contribution is 0.382. The van der Waals surface area contributed by atoms with Gasteiger partial charge in [0.2, 0.25) is 0 Å². The van der Waals surface area contributed by atoms with Crippen molar-refractivity contribution >= 4 is 5.69 Å². The van der Waals surface area contributed by atoms with Crippen LogP contribution in [-0.4, -0.2) is 19.1 Å². The maximum absolute atomic E-state index is 13.5. The first-order chi connectivity index (χ1) is 7.59. The highest BCUT2D eigenvalue weighted by Crippen LogP contribution is 2.26. The lowest BCUT2D eigenvalue weighted by Crippen LogP contribution is -2.46. The normalized spacial score (nSPS) is 25.9. The van der Waals surface area contributed by atoms with Gasteiger partial charge >= 0.3 is 0 Å². The number of hydrogen-bond donors (Lipinski definition) is 1. The van der Waals surface area contributed by atoms with Crippen molar-refractivity contribution in [3.63, 3.8) is 0 Å². The molecule has 2 N–H and O–H groups in total. The largest absolute Gasteiger partial charge is 0.371 e. The zero-order valence-corrected chi connectivity index (χ0v) is 9.91. The second kappa shape index (κ2) is 4.42. The molecule has 0 saturated carbocycles. The van der Waals surface area contributed by atoms with Crippen molar-refractivity contribution in [3.05, 3.63) is 29.6 Å². The van der Waals surface area contributed by atoms with Crippen LogP contribution in [0.3, 0.4) is 0 Å². The predicted molar refractivity (Wildman–Crippen MR) is 65.1 cm³/mol. The minimum atomic E-state index is -0.125. The molecule has 1 aromatic rings. The molecular formula is C13H19FN2. The average Bonchev–Trinajstić information content (AvgIpc) is 2.26. The van der Waals surface area contributed by atoms with Crippen molar-refractivity contribution in [1.82, 2.24) is 0 Å². The molecule has 2 rings (SSSR count). The zero-order valence-electron chi connectivity index (χ0n) is 9.91. The number of nitrogens with two attached hydrogens (primary N) is 1. The summed E-state index contributed by atoms with van der Waals surface area (Å²) in [7, 11) is 0. The third kappa shape index (κ3) is 2.05. The standard InChI is InChI=1S/C13H19FN2/c1-9-8-16(7-6-12(9)15)13-5-3-4-11(14)10(13)2/h3-5,9,12H,6-8,15H2,1-2H3. The van der Waals surface area contributed by atoms with Crippen LogP contribution in [0.25, 0.3) is 0 Å². The Balaban J connectivity index is 2.22. The summed E-state index contributed by atoms with van der Waals surface area (Å²) in [6, 6.07) is 5.56. The topological polar surface area (TPSA) is 29.3 Å². The van der Waals surface area contributed by atoms with Crippen LogP contribution in [0.15, 0.2) is 18.2 Å². The van der Waals surface area contributed by atoms with Crippen LogP contribution in [-0.2, 0) is 0 Å². The molecule has 0 aromatic heterocycles. The molecular weight excluding hydrogens is 203 g/mol. The Bertz CT molecular complexity index is 378. The van der Waals surface area contributed by atoms with Gasteiger partial charge in [-0.1, -0.05) is 13.0 Å². The lowest BCUT2D eigenvalue weighted by Gasteiger charge is -2.37. The monoisotopic (exact) mass is 222 g/mol. The summed E-state index contributed by atoms with van der Waals surface area (Å²) in [5, 5.41) is 0. The van der Waals surface area contributed by atoms with Crippen LogP contribution in [0.5, 0.6) is 0 Å². The maximum atomic E-state index is 13.5. The molecule has 0 aliphatic carbocycles. The number of hydrogen-bond acceptors (Lipinski definition) is 2. The van der Waals surface area contributed by atoms with Crippen LogP contribution < -0.4 is 10.6 Å². The Kier molecular flexibility index (Phi) is 3.15. The first-order valence-corrected chi connectivity index (χ1v) is 5.85. The third-order valence-electron chi connectivity index (χ3n) is 3.55. The summed E-state index contributed by atoms with van der Waals surface area (Å²) >= 11 is 0. The minimum absolute atomic E-state index is 0.125. The predicted octanol–water partition coefficient (Wildman–Crippen LogP) is 2.31. The zero-order chi connectivity index (χ0) is 11.7. The van der Waals surface area contributed by atoms with Gasteiger partial charge in [-0.15, -0.1) is 0 Å². The fraction of sp³-hybridized carbons (Fsp3) is 0.538. The van der Waals surface area contributed by atoms with Crippen LogP contribution in [0.2, 0.25) is 0 Å². The van der Waals surface area contributed by atoms with Gasteiger partial charge in [0.05, 0.1) is 0 Å². The third-order valence-corrected chi connectivity index (χ3v) is 3.55. The summed E-state index contributed by atoms with van der Waals surface area (Å²) in [4.78, 5) is 2.24. The highest BCUT2D eigenvalue weighted by atomic mass is 19.1. The molecule has 0 radical (unpaired) electrons. The van der Waals surface area contributed by atoms with Gasteiger partial charge in [0.15, 0.2) is 0 Å². The smallest absolute Gasteiger partial charge is 0.128 e. The molecule has 2 atom stereocenters. The Morgan fingerprint density at radius 1 is 1.44 bits per heavy atom. The van der Waals surface area contributed by atoms with E-state index in [1.165, 1.54) is 6.07 Å². The van der Waals surface area contributed by atoms with Crippen molar-refractivity contribution in [1.29, 1.82) is 0 Å². The van der Waals surface area contributed by atoms with Gasteiger partial charge in [-0.25, -0.2) is 4.39 Å². The van der Waals surface area contributed by atoms with Crippen LogP contribution >= 0.6 is 0 Å². The van der Waals surface area contributed by atoms with E-state index in [4.69, 9.17) is 5.73 Å². The molecule has 3 heteroatoms. The quantitative estimate of drug-likeness (QED) is 0.790. The van der Waals surface area contributed by atoms with Crippen LogP contribution in [0.4, 0.5) is 10.1 Å². The SMILES string of the molecule is Cc1c(F)cccc1N1CCC(N)C(C)C1. The second-order valence-corrected chi connectivity index (χ2v) is 4.76. The molecule has 1 aliphatic heterocycles. The highest BCUT2D eigenvalue weighted by Gasteiger charge is 2.24. The first kappa shape index (κ1) is 11.4. The summed E-state index contributed by atoms with van der Waals surface area (Å²) in [6.07, 6.45) is 0.983. The highest BCUT2D eigenvalue weighted by molar-refractivity contribution is 5.54. The molecule has 0 amide bonds. The fourth-order valence-corrected chi connectivity index (χ4v) is 2.32. The Morgan fingerprint density at radius 3 is 2.88 bits per heavy atom. The molecule has 1 heterocycles. The van der Waals surface area contributed by atoms with E-state index in [9.17, 15) is 4.39 Å². The minimum Gasteiger partial charge on any atom is -0.371 e. The summed E-state index contributed by atoms with van der Waals surface area (Å²) in [5.41, 5.74) is 7.74. The Morgan fingerprint density at radius 2 is 2.19 bits per heavy atom. The molecule has 88 valence electrons. The average molecular weight is 222 g/mol. The number of nitrogens with zero attached hydrogens (tertiary/aromatic N) is 1. The van der Waals surface area contributed by atoms with E-state index >= 15 is 0 Å². The Labute approximate surface area is 96.2 Å². The van der Waals surface area contributed by atoms with E-state index in [1.54, 1.807) is 6.07 Å². The van der Waals surface area contributed by atoms with Gasteiger partial charge in [0.1, 0.15) is 5.82 Å². The van der Waals surface area contributed by atoms with Gasteiger partial charge in [0, 0.05) is 30.4 Å². The molecule has 1 saturated heterocycles. The number of rotatable bonds is 1. The van der Waals surface area contributed by atoms with Crippen LogP contribution in [0.1, 0.15) is 18.9 Å². The molecule has 0 spiro atoms. The van der Waals surface area contributed by atoms with E-state index in [2.05, 4.69) is 11.8 Å². The second-order valence-electron chi connectivity index (χ2n) is 4.76. The van der Waals surface area contributed by atoms with E-state index in [-0.39, 0.29) is 11.9 Å². The van der Waals surface area contributed by atoms with E-state index in [0.29, 0.717) is 5.92 Å². The maximum Gasteiger partial charge on any atom is 0.128 e. The molecule has 2 unspecified atom stereocenters. The van der Waals surface area contributed by atoms with Gasteiger partial charge in [-0.05, 0) is 31.4 Å². The van der Waals surface area contributed by atoms with Crippen LogP contribution in [0, 0.1) is 18.7 Å². The number of halogens is 1. The van der Waals surface area contributed by atoms with Crippen molar-refractivity contribution in [2.45, 2.75) is 26.3 Å². The fourth-order valence-electron chi connectivity index (χ4n) is 2.32. The van der Waals surface area contributed by atoms with Gasteiger partial charge in [-0.3, -0.25) is 0 Å². The van der Waals surface area contributed by atoms with Crippen molar-refractivity contribution in [2.75, 3.05) is 18.0 Å². The number of anilines is 1. The molecule has 1 aliphatic rings. The summed E-state index contributed by atoms with van der Waals surface area (Å²) < 4.78 is 13.5. The molecule has 2 nitrogen and oxygen atoms in total. The van der Waals surface area contributed by atoms with Gasteiger partial charge < -0.3 is 10.6 Å². The molecule has 16 heavy (non-hydrogen) atoms. The van der Waals surface area contributed by atoms with E-state index in [1.807, 2.05) is 13.0 Å². The lowest BCUT2D eigenvalue weighted by atomic mass is 9.94. The van der Waals surface area contributed by atoms with Gasteiger partial charge in [0.25, 0.3) is 0 Å². The Hall–Kier alpha value is -1.09. The van der Waals surface area contributed by atoms with Crippen molar-refractivity contribution < 1.29 is 4.39 Å². The molecule has 1 fully saturated rings. The summed E-state index contributed by atoms with van der Waals surface area (Å²) in [5.74, 6) is 0.344. The van der Waals surface area contributed by atoms with Gasteiger partial charge in [-0.2, -0.15) is 0 Å². The molecule has 0 bridgehead atoms. The summed E-state index contributed by atoms with van der Waals surface area (Å²) in [6.45, 7) is 5.84. The number of benzene rings is 1. The first-order valence-electron chi connectivity index (χ1n) is 5.85. The van der Waals surface area contributed by atoms with Crippen molar-refractivity contribution in [3.8, 4) is 0 Å². The molecule has 1 aromatic carbocycles. The van der Waals surface area contributed by atoms with E-state index < -0.39 is 0 Å². The van der Waals surface area contributed by atoms with E-state index in [0.717, 1.165) is 30.8 Å².